The molecule has 1 amide bonds. The second-order valence-electron chi connectivity index (χ2n) is 3.78. The molecule has 0 aliphatic rings. The van der Waals surface area contributed by atoms with Crippen LogP contribution in [0.25, 0.3) is 0 Å². The molecule has 0 aromatic carbocycles. The Morgan fingerprint density at radius 1 is 1.69 bits per heavy atom. The number of aryl methyl sites for hydroxylation is 1. The number of nitrogens with one attached hydrogen (secondary N) is 1. The van der Waals surface area contributed by atoms with Crippen LogP contribution in [0.15, 0.2) is 6.07 Å². The van der Waals surface area contributed by atoms with E-state index >= 15 is 0 Å². The minimum atomic E-state index is -0.0874. The lowest BCUT2D eigenvalue weighted by Gasteiger charge is -2.07. The summed E-state index contributed by atoms with van der Waals surface area (Å²) in [4.78, 5) is 13.5. The number of thiophene rings is 1. The molecule has 3 N–H and O–H groups in total. The van der Waals surface area contributed by atoms with E-state index in [2.05, 4.69) is 5.32 Å². The molecular formula is C11H18N2O2S. The highest BCUT2D eigenvalue weighted by Crippen LogP contribution is 2.28. The summed E-state index contributed by atoms with van der Waals surface area (Å²) in [5.41, 5.74) is 5.60. The maximum Gasteiger partial charge on any atom is 0.265 e. The van der Waals surface area contributed by atoms with E-state index in [1.54, 1.807) is 7.11 Å². The first-order chi connectivity index (χ1) is 7.54. The average Bonchev–Trinajstić information content (AvgIpc) is 2.59. The highest BCUT2D eigenvalue weighted by molar-refractivity contribution is 7.14. The number of hydrogen-bond acceptors (Lipinski definition) is 4. The van der Waals surface area contributed by atoms with Crippen molar-refractivity contribution in [2.75, 3.05) is 13.7 Å². The van der Waals surface area contributed by atoms with E-state index in [0.29, 0.717) is 17.2 Å². The predicted molar refractivity (Wildman–Crippen MR) is 66.2 cm³/mol. The van der Waals surface area contributed by atoms with Gasteiger partial charge in [-0.3, -0.25) is 4.79 Å². The monoisotopic (exact) mass is 242 g/mol. The van der Waals surface area contributed by atoms with Gasteiger partial charge in [0.1, 0.15) is 10.6 Å². The molecule has 1 rings (SSSR count). The first-order valence-corrected chi connectivity index (χ1v) is 6.04. The molecule has 0 fully saturated rings. The minimum absolute atomic E-state index is 0.0874. The van der Waals surface area contributed by atoms with Crippen molar-refractivity contribution < 1.29 is 9.53 Å². The number of amides is 1. The van der Waals surface area contributed by atoms with Gasteiger partial charge in [-0.2, -0.15) is 0 Å². The maximum atomic E-state index is 11.8. The SMILES string of the molecule is COc1cc(C)sc1C(=O)NCCC(C)N. The van der Waals surface area contributed by atoms with E-state index in [1.165, 1.54) is 11.3 Å². The maximum absolute atomic E-state index is 11.8. The van der Waals surface area contributed by atoms with Crippen molar-refractivity contribution >= 4 is 17.2 Å². The van der Waals surface area contributed by atoms with Gasteiger partial charge >= 0.3 is 0 Å². The molecule has 16 heavy (non-hydrogen) atoms. The molecule has 1 unspecified atom stereocenters. The largest absolute Gasteiger partial charge is 0.495 e. The van der Waals surface area contributed by atoms with Crippen LogP contribution in [0.1, 0.15) is 27.9 Å². The van der Waals surface area contributed by atoms with E-state index in [4.69, 9.17) is 10.5 Å². The fourth-order valence-electron chi connectivity index (χ4n) is 1.29. The van der Waals surface area contributed by atoms with Crippen molar-refractivity contribution in [2.24, 2.45) is 5.73 Å². The second-order valence-corrected chi connectivity index (χ2v) is 5.03. The molecule has 1 aromatic rings. The number of nitrogens with two attached hydrogens (primary N) is 1. The molecule has 0 radical (unpaired) electrons. The number of ether oxygens (including phenoxy) is 1. The fourth-order valence-corrected chi connectivity index (χ4v) is 2.19. The Morgan fingerprint density at radius 3 is 2.94 bits per heavy atom. The third kappa shape index (κ3) is 3.50. The number of carbonyl (C=O) groups excluding carboxylic acids is 1. The van der Waals surface area contributed by atoms with E-state index in [1.807, 2.05) is 19.9 Å². The zero-order valence-electron chi connectivity index (χ0n) is 9.87. The molecular weight excluding hydrogens is 224 g/mol. The van der Waals surface area contributed by atoms with Crippen LogP contribution in [0.5, 0.6) is 5.75 Å². The summed E-state index contributed by atoms with van der Waals surface area (Å²) < 4.78 is 5.14. The van der Waals surface area contributed by atoms with Gasteiger partial charge in [0.2, 0.25) is 0 Å². The summed E-state index contributed by atoms with van der Waals surface area (Å²) in [6.07, 6.45) is 0.776. The molecule has 0 spiro atoms. The van der Waals surface area contributed by atoms with E-state index in [-0.39, 0.29) is 11.9 Å². The first kappa shape index (κ1) is 13.0. The summed E-state index contributed by atoms with van der Waals surface area (Å²) in [6.45, 7) is 4.46. The fraction of sp³-hybridized carbons (Fsp3) is 0.545. The Bertz CT molecular complexity index is 361. The van der Waals surface area contributed by atoms with Crippen molar-refractivity contribution in [2.45, 2.75) is 26.3 Å². The molecule has 1 atom stereocenters. The lowest BCUT2D eigenvalue weighted by Crippen LogP contribution is -2.28. The van der Waals surface area contributed by atoms with Gasteiger partial charge in [-0.05, 0) is 26.3 Å². The number of methoxy groups -OCH3 is 1. The van der Waals surface area contributed by atoms with Gasteiger partial charge in [0, 0.05) is 17.5 Å². The Hall–Kier alpha value is -1.07. The molecule has 1 aromatic heterocycles. The Labute approximate surface area is 99.8 Å². The zero-order chi connectivity index (χ0) is 12.1. The molecule has 0 bridgehead atoms. The smallest absolute Gasteiger partial charge is 0.265 e. The predicted octanol–water partition coefficient (Wildman–Crippen LogP) is 1.53. The van der Waals surface area contributed by atoms with Gasteiger partial charge in [-0.1, -0.05) is 0 Å². The topological polar surface area (TPSA) is 64.3 Å². The first-order valence-electron chi connectivity index (χ1n) is 5.22. The van der Waals surface area contributed by atoms with Crippen LogP contribution in [0.4, 0.5) is 0 Å². The summed E-state index contributed by atoms with van der Waals surface area (Å²) in [6, 6.07) is 1.97. The van der Waals surface area contributed by atoms with Crippen LogP contribution >= 0.6 is 11.3 Å². The van der Waals surface area contributed by atoms with Crippen LogP contribution < -0.4 is 15.8 Å². The lowest BCUT2D eigenvalue weighted by atomic mass is 10.2. The van der Waals surface area contributed by atoms with Crippen LogP contribution in [0.3, 0.4) is 0 Å². The Balaban J connectivity index is 2.58. The number of hydrogen-bond donors (Lipinski definition) is 2. The lowest BCUT2D eigenvalue weighted by molar-refractivity contribution is 0.0954. The molecule has 5 heteroatoms. The van der Waals surface area contributed by atoms with Gasteiger partial charge in [0.25, 0.3) is 5.91 Å². The van der Waals surface area contributed by atoms with Crippen LogP contribution in [-0.4, -0.2) is 25.6 Å². The molecule has 0 aliphatic carbocycles. The molecule has 0 saturated carbocycles. The van der Waals surface area contributed by atoms with Crippen LogP contribution in [-0.2, 0) is 0 Å². The molecule has 0 saturated heterocycles. The van der Waals surface area contributed by atoms with E-state index in [0.717, 1.165) is 11.3 Å². The Kier molecular flexibility index (Phi) is 4.76. The molecule has 90 valence electrons. The quantitative estimate of drug-likeness (QED) is 0.823. The third-order valence-electron chi connectivity index (χ3n) is 2.13. The second kappa shape index (κ2) is 5.86. The Morgan fingerprint density at radius 2 is 2.38 bits per heavy atom. The third-order valence-corrected chi connectivity index (χ3v) is 3.16. The summed E-state index contributed by atoms with van der Waals surface area (Å²) in [7, 11) is 1.57. The van der Waals surface area contributed by atoms with Crippen molar-refractivity contribution in [3.8, 4) is 5.75 Å². The minimum Gasteiger partial charge on any atom is -0.495 e. The van der Waals surface area contributed by atoms with Crippen molar-refractivity contribution in [3.05, 3.63) is 15.8 Å². The number of rotatable bonds is 5. The van der Waals surface area contributed by atoms with Crippen molar-refractivity contribution in [1.82, 2.24) is 5.32 Å². The molecule has 0 aliphatic heterocycles. The van der Waals surface area contributed by atoms with E-state index in [9.17, 15) is 4.79 Å². The highest BCUT2D eigenvalue weighted by atomic mass is 32.1. The van der Waals surface area contributed by atoms with Crippen molar-refractivity contribution in [3.63, 3.8) is 0 Å². The summed E-state index contributed by atoms with van der Waals surface area (Å²) in [5, 5.41) is 2.83. The van der Waals surface area contributed by atoms with Gasteiger partial charge in [-0.15, -0.1) is 11.3 Å². The molecule has 4 nitrogen and oxygen atoms in total. The normalized spacial score (nSPS) is 12.2. The standard InChI is InChI=1S/C11H18N2O2S/c1-7(12)4-5-13-11(14)10-9(15-3)6-8(2)16-10/h6-7H,4-5,12H2,1-3H3,(H,13,14). The van der Waals surface area contributed by atoms with Gasteiger partial charge in [-0.25, -0.2) is 0 Å². The number of carbonyl (C=O) groups is 1. The van der Waals surface area contributed by atoms with Crippen LogP contribution in [0.2, 0.25) is 0 Å². The van der Waals surface area contributed by atoms with Crippen molar-refractivity contribution in [1.29, 1.82) is 0 Å². The molecule has 1 heterocycles. The average molecular weight is 242 g/mol. The van der Waals surface area contributed by atoms with E-state index < -0.39 is 0 Å². The summed E-state index contributed by atoms with van der Waals surface area (Å²) >= 11 is 1.44. The van der Waals surface area contributed by atoms with Gasteiger partial charge in [0.05, 0.1) is 7.11 Å². The summed E-state index contributed by atoms with van der Waals surface area (Å²) in [5.74, 6) is 0.552. The van der Waals surface area contributed by atoms with Gasteiger partial charge < -0.3 is 15.8 Å². The van der Waals surface area contributed by atoms with Crippen LogP contribution in [0, 0.1) is 6.92 Å². The highest BCUT2D eigenvalue weighted by Gasteiger charge is 2.15. The van der Waals surface area contributed by atoms with Gasteiger partial charge in [0.15, 0.2) is 0 Å². The zero-order valence-corrected chi connectivity index (χ0v) is 10.7.